The van der Waals surface area contributed by atoms with Gasteiger partial charge >= 0.3 is 5.69 Å². The SMILES string of the molecule is Cn1c(=O)n(CC(=O)N2CCC(Cc3ccccc3)CC2)c(=O)c2cnc(-c3ccccc3)nc21. The van der Waals surface area contributed by atoms with Gasteiger partial charge < -0.3 is 4.90 Å². The Bertz CT molecular complexity index is 1470. The summed E-state index contributed by atoms with van der Waals surface area (Å²) in [4.78, 5) is 49.7. The average molecular weight is 470 g/mol. The molecule has 3 heterocycles. The minimum absolute atomic E-state index is 0.209. The van der Waals surface area contributed by atoms with Gasteiger partial charge in [-0.2, -0.15) is 0 Å². The van der Waals surface area contributed by atoms with E-state index in [0.717, 1.165) is 29.4 Å². The van der Waals surface area contributed by atoms with Crippen LogP contribution in [0.3, 0.4) is 0 Å². The van der Waals surface area contributed by atoms with E-state index >= 15 is 0 Å². The fourth-order valence-corrected chi connectivity index (χ4v) is 4.72. The number of nitrogens with zero attached hydrogens (tertiary/aromatic N) is 5. The van der Waals surface area contributed by atoms with E-state index in [-0.39, 0.29) is 23.5 Å². The molecule has 8 nitrogen and oxygen atoms in total. The highest BCUT2D eigenvalue weighted by Crippen LogP contribution is 2.22. The second-order valence-corrected chi connectivity index (χ2v) is 9.04. The van der Waals surface area contributed by atoms with E-state index < -0.39 is 11.2 Å². The van der Waals surface area contributed by atoms with Crippen LogP contribution in [0.25, 0.3) is 22.4 Å². The normalized spacial score (nSPS) is 14.4. The van der Waals surface area contributed by atoms with Gasteiger partial charge in [0.1, 0.15) is 11.9 Å². The van der Waals surface area contributed by atoms with Crippen LogP contribution in [0.4, 0.5) is 0 Å². The molecule has 1 amide bonds. The average Bonchev–Trinajstić information content (AvgIpc) is 2.91. The van der Waals surface area contributed by atoms with Crippen molar-refractivity contribution in [2.45, 2.75) is 25.8 Å². The summed E-state index contributed by atoms with van der Waals surface area (Å²) in [6.45, 7) is 0.969. The summed E-state index contributed by atoms with van der Waals surface area (Å²) in [5.41, 5.74) is 1.24. The Morgan fingerprint density at radius 2 is 1.63 bits per heavy atom. The van der Waals surface area contributed by atoms with Crippen LogP contribution in [-0.4, -0.2) is 43.0 Å². The molecule has 0 spiro atoms. The summed E-state index contributed by atoms with van der Waals surface area (Å²) in [5, 5.41) is 0.209. The lowest BCUT2D eigenvalue weighted by molar-refractivity contribution is -0.133. The lowest BCUT2D eigenvalue weighted by Gasteiger charge is -2.32. The maximum Gasteiger partial charge on any atom is 0.332 e. The number of rotatable bonds is 5. The van der Waals surface area contributed by atoms with Gasteiger partial charge in [-0.15, -0.1) is 0 Å². The molecule has 2 aromatic carbocycles. The van der Waals surface area contributed by atoms with Crippen LogP contribution in [0.1, 0.15) is 18.4 Å². The molecule has 35 heavy (non-hydrogen) atoms. The molecule has 0 aliphatic carbocycles. The summed E-state index contributed by atoms with van der Waals surface area (Å²) in [5.74, 6) is 0.733. The summed E-state index contributed by atoms with van der Waals surface area (Å²) in [6, 6.07) is 19.7. The number of carbonyl (C=O) groups excluding carboxylic acids is 1. The number of amides is 1. The quantitative estimate of drug-likeness (QED) is 0.448. The molecule has 1 fully saturated rings. The van der Waals surface area contributed by atoms with Crippen molar-refractivity contribution >= 4 is 16.9 Å². The van der Waals surface area contributed by atoms with Gasteiger partial charge in [0, 0.05) is 31.9 Å². The molecule has 1 aliphatic rings. The molecular formula is C27H27N5O3. The number of aromatic nitrogens is 4. The molecule has 0 radical (unpaired) electrons. The van der Waals surface area contributed by atoms with Crippen LogP contribution >= 0.6 is 0 Å². The van der Waals surface area contributed by atoms with Gasteiger partial charge in [0.25, 0.3) is 5.56 Å². The Hall–Kier alpha value is -4.07. The van der Waals surface area contributed by atoms with Crippen molar-refractivity contribution in [1.29, 1.82) is 0 Å². The van der Waals surface area contributed by atoms with Crippen LogP contribution in [-0.2, 0) is 24.8 Å². The third-order valence-electron chi connectivity index (χ3n) is 6.74. The topological polar surface area (TPSA) is 90.1 Å². The Balaban J connectivity index is 1.33. The first-order chi connectivity index (χ1) is 17.0. The van der Waals surface area contributed by atoms with Crippen molar-refractivity contribution in [3.05, 3.63) is 93.3 Å². The first kappa shape index (κ1) is 22.7. The maximum absolute atomic E-state index is 13.1. The molecule has 0 saturated carbocycles. The smallest absolute Gasteiger partial charge is 0.332 e. The van der Waals surface area contributed by atoms with E-state index in [1.54, 1.807) is 11.9 Å². The van der Waals surface area contributed by atoms with E-state index in [1.165, 1.54) is 16.3 Å². The molecule has 2 aromatic heterocycles. The van der Waals surface area contributed by atoms with Gasteiger partial charge in [-0.1, -0.05) is 60.7 Å². The molecule has 178 valence electrons. The molecule has 8 heteroatoms. The van der Waals surface area contributed by atoms with E-state index in [0.29, 0.717) is 24.8 Å². The first-order valence-electron chi connectivity index (χ1n) is 11.8. The molecule has 0 N–H and O–H groups in total. The highest BCUT2D eigenvalue weighted by molar-refractivity contribution is 5.78. The van der Waals surface area contributed by atoms with Crippen molar-refractivity contribution < 1.29 is 4.79 Å². The van der Waals surface area contributed by atoms with Crippen molar-refractivity contribution in [2.24, 2.45) is 13.0 Å². The predicted molar refractivity (Wildman–Crippen MR) is 134 cm³/mol. The second kappa shape index (κ2) is 9.66. The van der Waals surface area contributed by atoms with Gasteiger partial charge in [0.05, 0.1) is 0 Å². The molecule has 0 bridgehead atoms. The number of aryl methyl sites for hydroxylation is 1. The maximum atomic E-state index is 13.1. The molecular weight excluding hydrogens is 442 g/mol. The number of likely N-dealkylation sites (tertiary alicyclic amines) is 1. The van der Waals surface area contributed by atoms with Gasteiger partial charge in [-0.05, 0) is 30.7 Å². The fourth-order valence-electron chi connectivity index (χ4n) is 4.72. The third-order valence-corrected chi connectivity index (χ3v) is 6.74. The van der Waals surface area contributed by atoms with E-state index in [9.17, 15) is 14.4 Å². The van der Waals surface area contributed by atoms with Gasteiger partial charge in [-0.3, -0.25) is 18.7 Å². The largest absolute Gasteiger partial charge is 0.341 e. The number of fused-ring (bicyclic) bond motifs is 1. The van der Waals surface area contributed by atoms with Crippen molar-refractivity contribution in [3.63, 3.8) is 0 Å². The minimum Gasteiger partial charge on any atom is -0.341 e. The Labute approximate surface area is 202 Å². The summed E-state index contributed by atoms with van der Waals surface area (Å²) in [7, 11) is 1.56. The third kappa shape index (κ3) is 4.64. The van der Waals surface area contributed by atoms with Crippen molar-refractivity contribution in [1.82, 2.24) is 24.0 Å². The monoisotopic (exact) mass is 469 g/mol. The number of piperidine rings is 1. The molecule has 4 aromatic rings. The zero-order chi connectivity index (χ0) is 24.4. The number of hydrogen-bond acceptors (Lipinski definition) is 5. The predicted octanol–water partition coefficient (Wildman–Crippen LogP) is 2.64. The van der Waals surface area contributed by atoms with Gasteiger partial charge in [-0.25, -0.2) is 14.8 Å². The van der Waals surface area contributed by atoms with E-state index in [2.05, 4.69) is 22.1 Å². The Morgan fingerprint density at radius 1 is 0.971 bits per heavy atom. The second-order valence-electron chi connectivity index (χ2n) is 9.04. The first-order valence-corrected chi connectivity index (χ1v) is 11.8. The molecule has 1 saturated heterocycles. The Kier molecular flexibility index (Phi) is 6.27. The number of hydrogen-bond donors (Lipinski definition) is 0. The summed E-state index contributed by atoms with van der Waals surface area (Å²) >= 11 is 0. The lowest BCUT2D eigenvalue weighted by atomic mass is 9.90. The summed E-state index contributed by atoms with van der Waals surface area (Å²) < 4.78 is 2.30. The van der Waals surface area contributed by atoms with E-state index in [1.807, 2.05) is 48.5 Å². The van der Waals surface area contributed by atoms with Crippen LogP contribution in [0.15, 0.2) is 76.4 Å². The number of carbonyl (C=O) groups is 1. The van der Waals surface area contributed by atoms with E-state index in [4.69, 9.17) is 0 Å². The number of benzene rings is 2. The lowest BCUT2D eigenvalue weighted by Crippen LogP contribution is -2.46. The van der Waals surface area contributed by atoms with Crippen LogP contribution in [0, 0.1) is 5.92 Å². The highest BCUT2D eigenvalue weighted by atomic mass is 16.2. The van der Waals surface area contributed by atoms with Gasteiger partial charge in [0.15, 0.2) is 11.5 Å². The highest BCUT2D eigenvalue weighted by Gasteiger charge is 2.24. The van der Waals surface area contributed by atoms with Crippen LogP contribution in [0.5, 0.6) is 0 Å². The van der Waals surface area contributed by atoms with Crippen molar-refractivity contribution in [2.75, 3.05) is 13.1 Å². The molecule has 5 rings (SSSR count). The zero-order valence-electron chi connectivity index (χ0n) is 19.6. The molecule has 0 atom stereocenters. The van der Waals surface area contributed by atoms with Crippen LogP contribution in [0.2, 0.25) is 0 Å². The van der Waals surface area contributed by atoms with Crippen molar-refractivity contribution in [3.8, 4) is 11.4 Å². The minimum atomic E-state index is -0.562. The standard InChI is InChI=1S/C27H27N5O3/c1-30-25-22(17-28-24(29-25)21-10-6-3-7-11-21)26(34)32(27(30)35)18-23(33)31-14-12-20(13-15-31)16-19-8-4-2-5-9-19/h2-11,17,20H,12-16,18H2,1H3. The zero-order valence-corrected chi connectivity index (χ0v) is 19.6. The molecule has 0 unspecified atom stereocenters. The van der Waals surface area contributed by atoms with Gasteiger partial charge in [0.2, 0.25) is 5.91 Å². The Morgan fingerprint density at radius 3 is 2.31 bits per heavy atom. The fraction of sp³-hybridized carbons (Fsp3) is 0.296. The van der Waals surface area contributed by atoms with Crippen LogP contribution < -0.4 is 11.2 Å². The molecule has 1 aliphatic heterocycles. The summed E-state index contributed by atoms with van der Waals surface area (Å²) in [6.07, 6.45) is 4.24.